The molecule has 0 spiro atoms. The van der Waals surface area contributed by atoms with Gasteiger partial charge in [0.25, 0.3) is 0 Å². The van der Waals surface area contributed by atoms with Crippen LogP contribution in [-0.4, -0.2) is 0 Å². The Morgan fingerprint density at radius 3 is 2.52 bits per heavy atom. The van der Waals surface area contributed by atoms with Gasteiger partial charge in [-0.25, -0.2) is 8.78 Å². The van der Waals surface area contributed by atoms with Crippen LogP contribution in [0.15, 0.2) is 30.3 Å². The Balaban J connectivity index is 2.33. The molecule has 0 radical (unpaired) electrons. The van der Waals surface area contributed by atoms with E-state index < -0.39 is 11.6 Å². The minimum atomic E-state index is -0.579. The summed E-state index contributed by atoms with van der Waals surface area (Å²) in [6.07, 6.45) is 0. The van der Waals surface area contributed by atoms with Crippen LogP contribution in [0.25, 0.3) is 0 Å². The van der Waals surface area contributed by atoms with Gasteiger partial charge < -0.3 is 5.32 Å². The van der Waals surface area contributed by atoms with Gasteiger partial charge in [-0.05, 0) is 42.8 Å². The van der Waals surface area contributed by atoms with Gasteiger partial charge in [0.1, 0.15) is 17.7 Å². The molecule has 0 aliphatic heterocycles. The van der Waals surface area contributed by atoms with Crippen molar-refractivity contribution in [3.05, 3.63) is 63.1 Å². The summed E-state index contributed by atoms with van der Waals surface area (Å²) in [6.45, 7) is 1.75. The summed E-state index contributed by atoms with van der Waals surface area (Å²) >= 11 is 11.7. The second kappa shape index (κ2) is 6.30. The van der Waals surface area contributed by atoms with Crippen LogP contribution < -0.4 is 5.32 Å². The summed E-state index contributed by atoms with van der Waals surface area (Å²) in [5, 5.41) is 12.3. The Morgan fingerprint density at radius 1 is 1.14 bits per heavy atom. The molecule has 0 heterocycles. The summed E-state index contributed by atoms with van der Waals surface area (Å²) in [6, 6.07) is 7.87. The van der Waals surface area contributed by atoms with Crippen LogP contribution in [0.5, 0.6) is 0 Å². The average molecular weight is 327 g/mol. The van der Waals surface area contributed by atoms with Gasteiger partial charge >= 0.3 is 0 Å². The lowest BCUT2D eigenvalue weighted by Gasteiger charge is -2.18. The largest absolute Gasteiger partial charge is 0.377 e. The molecular formula is C15H10Cl2F2N2. The monoisotopic (exact) mass is 326 g/mol. The number of anilines is 1. The maximum Gasteiger partial charge on any atom is 0.142 e. The molecule has 0 saturated heterocycles. The molecule has 1 atom stereocenters. The quantitative estimate of drug-likeness (QED) is 0.775. The van der Waals surface area contributed by atoms with E-state index in [4.69, 9.17) is 28.5 Å². The van der Waals surface area contributed by atoms with E-state index in [1.807, 2.05) is 6.07 Å². The maximum absolute atomic E-state index is 13.5. The third-order valence-electron chi connectivity index (χ3n) is 2.98. The maximum atomic E-state index is 13.5. The van der Waals surface area contributed by atoms with Gasteiger partial charge in [0.05, 0.1) is 22.3 Å². The third kappa shape index (κ3) is 3.44. The molecule has 2 nitrogen and oxygen atoms in total. The van der Waals surface area contributed by atoms with Gasteiger partial charge in [-0.2, -0.15) is 5.26 Å². The molecule has 6 heteroatoms. The normalized spacial score (nSPS) is 11.8. The summed E-state index contributed by atoms with van der Waals surface area (Å²) in [5.41, 5.74) is 1.09. The van der Waals surface area contributed by atoms with Crippen molar-refractivity contribution in [2.24, 2.45) is 0 Å². The van der Waals surface area contributed by atoms with Crippen LogP contribution in [-0.2, 0) is 0 Å². The first kappa shape index (κ1) is 15.6. The molecule has 1 N–H and O–H groups in total. The van der Waals surface area contributed by atoms with Gasteiger partial charge in [-0.3, -0.25) is 0 Å². The molecular weight excluding hydrogens is 317 g/mol. The van der Waals surface area contributed by atoms with E-state index in [9.17, 15) is 8.78 Å². The number of nitrogens with one attached hydrogen (secondary N) is 1. The topological polar surface area (TPSA) is 35.8 Å². The first-order chi connectivity index (χ1) is 9.92. The number of hydrogen-bond donors (Lipinski definition) is 1. The minimum absolute atomic E-state index is 0.0598. The van der Waals surface area contributed by atoms with Gasteiger partial charge in [0, 0.05) is 5.02 Å². The highest BCUT2D eigenvalue weighted by Crippen LogP contribution is 2.31. The third-order valence-corrected chi connectivity index (χ3v) is 3.60. The van der Waals surface area contributed by atoms with Crippen molar-refractivity contribution in [2.75, 3.05) is 5.32 Å². The van der Waals surface area contributed by atoms with Gasteiger partial charge in [-0.1, -0.05) is 23.2 Å². The Morgan fingerprint density at radius 2 is 1.86 bits per heavy atom. The highest BCUT2D eigenvalue weighted by molar-refractivity contribution is 6.35. The molecule has 0 saturated carbocycles. The predicted molar refractivity (Wildman–Crippen MR) is 79.6 cm³/mol. The van der Waals surface area contributed by atoms with Crippen molar-refractivity contribution in [2.45, 2.75) is 13.0 Å². The van der Waals surface area contributed by atoms with E-state index in [1.165, 1.54) is 24.3 Å². The zero-order chi connectivity index (χ0) is 15.6. The standard InChI is InChI=1S/C15H10Cl2F2N2/c1-8(11-5-14(19)13(17)6-12(11)16)21-15-3-2-10(18)4-9(15)7-20/h2-6,8,21H,1H3. The van der Waals surface area contributed by atoms with Crippen molar-refractivity contribution in [1.29, 1.82) is 5.26 Å². The number of halogens is 4. The fourth-order valence-electron chi connectivity index (χ4n) is 1.92. The van der Waals surface area contributed by atoms with Crippen LogP contribution in [0, 0.1) is 23.0 Å². The van der Waals surface area contributed by atoms with Crippen LogP contribution >= 0.6 is 23.2 Å². The summed E-state index contributed by atoms with van der Waals surface area (Å²) < 4.78 is 26.6. The second-order valence-electron chi connectivity index (χ2n) is 4.46. The first-order valence-electron chi connectivity index (χ1n) is 6.03. The Hall–Kier alpha value is -1.83. The molecule has 21 heavy (non-hydrogen) atoms. The lowest BCUT2D eigenvalue weighted by atomic mass is 10.1. The van der Waals surface area contributed by atoms with E-state index in [-0.39, 0.29) is 16.6 Å². The van der Waals surface area contributed by atoms with Crippen LogP contribution in [0.3, 0.4) is 0 Å². The molecule has 0 fully saturated rings. The number of benzene rings is 2. The Labute approximate surface area is 130 Å². The van der Waals surface area contributed by atoms with E-state index in [0.29, 0.717) is 16.3 Å². The predicted octanol–water partition coefficient (Wildman–Crippen LogP) is 5.32. The van der Waals surface area contributed by atoms with Crippen LogP contribution in [0.1, 0.15) is 24.1 Å². The van der Waals surface area contributed by atoms with Crippen molar-refractivity contribution in [3.8, 4) is 6.07 Å². The molecule has 0 aromatic heterocycles. The average Bonchev–Trinajstić information content (AvgIpc) is 2.44. The van der Waals surface area contributed by atoms with E-state index in [2.05, 4.69) is 5.32 Å². The van der Waals surface area contributed by atoms with Crippen molar-refractivity contribution >= 4 is 28.9 Å². The summed E-state index contributed by atoms with van der Waals surface area (Å²) in [7, 11) is 0. The lowest BCUT2D eigenvalue weighted by Crippen LogP contribution is -2.09. The highest BCUT2D eigenvalue weighted by atomic mass is 35.5. The Kier molecular flexibility index (Phi) is 4.66. The van der Waals surface area contributed by atoms with Crippen molar-refractivity contribution < 1.29 is 8.78 Å². The molecule has 0 aliphatic rings. The van der Waals surface area contributed by atoms with E-state index in [1.54, 1.807) is 6.92 Å². The fraction of sp³-hybridized carbons (Fsp3) is 0.133. The number of nitrogens with zero attached hydrogens (tertiary/aromatic N) is 1. The highest BCUT2D eigenvalue weighted by Gasteiger charge is 2.15. The zero-order valence-electron chi connectivity index (χ0n) is 10.9. The molecule has 0 aliphatic carbocycles. The number of hydrogen-bond acceptors (Lipinski definition) is 2. The summed E-state index contributed by atoms with van der Waals surface area (Å²) in [5.74, 6) is -1.08. The van der Waals surface area contributed by atoms with Gasteiger partial charge in [0.2, 0.25) is 0 Å². The molecule has 1 unspecified atom stereocenters. The second-order valence-corrected chi connectivity index (χ2v) is 5.27. The number of rotatable bonds is 3. The van der Waals surface area contributed by atoms with Gasteiger partial charge in [0.15, 0.2) is 0 Å². The Bertz CT molecular complexity index is 726. The molecule has 0 bridgehead atoms. The molecule has 0 amide bonds. The molecule has 2 rings (SSSR count). The minimum Gasteiger partial charge on any atom is -0.377 e. The van der Waals surface area contributed by atoms with E-state index in [0.717, 1.165) is 6.07 Å². The van der Waals surface area contributed by atoms with E-state index >= 15 is 0 Å². The smallest absolute Gasteiger partial charge is 0.142 e. The molecule has 2 aromatic carbocycles. The first-order valence-corrected chi connectivity index (χ1v) is 6.78. The van der Waals surface area contributed by atoms with Gasteiger partial charge in [-0.15, -0.1) is 0 Å². The lowest BCUT2D eigenvalue weighted by molar-refractivity contribution is 0.624. The van der Waals surface area contributed by atoms with Crippen LogP contribution in [0.2, 0.25) is 10.0 Å². The number of nitriles is 1. The van der Waals surface area contributed by atoms with Crippen molar-refractivity contribution in [1.82, 2.24) is 0 Å². The SMILES string of the molecule is CC(Nc1ccc(F)cc1C#N)c1cc(F)c(Cl)cc1Cl. The van der Waals surface area contributed by atoms with Crippen molar-refractivity contribution in [3.63, 3.8) is 0 Å². The summed E-state index contributed by atoms with van der Waals surface area (Å²) in [4.78, 5) is 0. The zero-order valence-corrected chi connectivity index (χ0v) is 12.4. The molecule has 2 aromatic rings. The fourth-order valence-corrected chi connectivity index (χ4v) is 2.46. The molecule has 108 valence electrons. The van der Waals surface area contributed by atoms with Crippen LogP contribution in [0.4, 0.5) is 14.5 Å².